The van der Waals surface area contributed by atoms with Crippen LogP contribution in [0, 0.1) is 0 Å². The molecular weight excluding hydrogens is 637 g/mol. The van der Waals surface area contributed by atoms with Crippen molar-refractivity contribution in [1.82, 2.24) is 8.80 Å². The third-order valence-electron chi connectivity index (χ3n) is 12.2. The summed E-state index contributed by atoms with van der Waals surface area (Å²) in [4.78, 5) is 0. The van der Waals surface area contributed by atoms with E-state index in [1.54, 1.807) is 0 Å². The van der Waals surface area contributed by atoms with Gasteiger partial charge in [0, 0.05) is 64.6 Å². The van der Waals surface area contributed by atoms with Crippen molar-refractivity contribution >= 4 is 120 Å². The molecule has 52 heavy (non-hydrogen) atoms. The molecule has 0 aliphatic heterocycles. The Morgan fingerprint density at radius 3 is 1.15 bits per heavy atom. The maximum Gasteiger partial charge on any atom is 0.136 e. The Hall–Kier alpha value is -6.26. The number of benzene rings is 7. The number of hydrogen-bond donors (Lipinski definition) is 0. The zero-order valence-electron chi connectivity index (χ0n) is 29.3. The van der Waals surface area contributed by atoms with Crippen molar-refractivity contribution in [2.24, 2.45) is 0 Å². The summed E-state index contributed by atoms with van der Waals surface area (Å²) < 4.78 is 18.1. The van der Waals surface area contributed by atoms with Gasteiger partial charge in [0.2, 0.25) is 0 Å². The highest BCUT2D eigenvalue weighted by molar-refractivity contribution is 6.37. The van der Waals surface area contributed by atoms with Gasteiger partial charge in [-0.15, -0.1) is 0 Å². The summed E-state index contributed by atoms with van der Waals surface area (Å²) in [6.07, 6.45) is 0. The largest absolute Gasteiger partial charge is 0.456 e. The average Bonchev–Trinajstić information content (AvgIpc) is 3.99. The molecule has 0 saturated heterocycles. The minimum absolute atomic E-state index is 0.277. The zero-order valence-corrected chi connectivity index (χ0v) is 29.3. The molecule has 4 nitrogen and oxygen atoms in total. The molecule has 13 aromatic rings. The van der Waals surface area contributed by atoms with E-state index < -0.39 is 0 Å². The van der Waals surface area contributed by atoms with Crippen LogP contribution in [-0.2, 0) is 0 Å². The SMILES string of the molecule is CC(C)c1c2c3cccc4c5c6c(ccc5n(c2c(C(C)C)c2c5cccc7c8c9c(ccc8n(c12)c57)oc1ccccc19)c34)oc1ccccc16. The second-order valence-electron chi connectivity index (χ2n) is 15.5. The number of furan rings is 2. The van der Waals surface area contributed by atoms with E-state index in [-0.39, 0.29) is 11.8 Å². The number of para-hydroxylation sites is 4. The predicted molar refractivity (Wildman–Crippen MR) is 218 cm³/mol. The zero-order chi connectivity index (χ0) is 34.3. The van der Waals surface area contributed by atoms with E-state index in [2.05, 4.69) is 146 Å². The van der Waals surface area contributed by atoms with Crippen LogP contribution >= 0.6 is 0 Å². The van der Waals surface area contributed by atoms with Gasteiger partial charge in [0.15, 0.2) is 0 Å². The fourth-order valence-electron chi connectivity index (χ4n) is 10.5. The van der Waals surface area contributed by atoms with E-state index in [9.17, 15) is 0 Å². The highest BCUT2D eigenvalue weighted by Crippen LogP contribution is 2.53. The summed E-state index contributed by atoms with van der Waals surface area (Å²) in [6.45, 7) is 9.52. The summed E-state index contributed by atoms with van der Waals surface area (Å²) in [5.74, 6) is 0.555. The number of hydrogen-bond acceptors (Lipinski definition) is 2. The molecule has 7 aromatic carbocycles. The summed E-state index contributed by atoms with van der Waals surface area (Å²) in [7, 11) is 0. The quantitative estimate of drug-likeness (QED) is 0.184. The van der Waals surface area contributed by atoms with Crippen LogP contribution in [0.15, 0.2) is 118 Å². The summed E-state index contributed by atoms with van der Waals surface area (Å²) in [5.41, 5.74) is 14.4. The van der Waals surface area contributed by atoms with Gasteiger partial charge in [-0.3, -0.25) is 0 Å². The number of rotatable bonds is 2. The van der Waals surface area contributed by atoms with Crippen molar-refractivity contribution in [1.29, 1.82) is 0 Å². The third-order valence-corrected chi connectivity index (χ3v) is 12.2. The number of aromatic nitrogens is 2. The monoisotopic (exact) mass is 668 g/mol. The molecule has 0 fully saturated rings. The van der Waals surface area contributed by atoms with E-state index in [4.69, 9.17) is 8.83 Å². The van der Waals surface area contributed by atoms with Crippen LogP contribution in [0.1, 0.15) is 50.7 Å². The van der Waals surface area contributed by atoms with Gasteiger partial charge in [0.25, 0.3) is 0 Å². The van der Waals surface area contributed by atoms with E-state index in [0.717, 1.165) is 22.3 Å². The second-order valence-corrected chi connectivity index (χ2v) is 15.5. The van der Waals surface area contributed by atoms with Crippen LogP contribution in [0.4, 0.5) is 0 Å². The molecule has 0 amide bonds. The van der Waals surface area contributed by atoms with Crippen molar-refractivity contribution in [3.63, 3.8) is 0 Å². The summed E-state index contributed by atoms with van der Waals surface area (Å²) in [6, 6.07) is 39.8. The average molecular weight is 669 g/mol. The van der Waals surface area contributed by atoms with Crippen LogP contribution < -0.4 is 0 Å². The molecule has 246 valence electrons. The first kappa shape index (κ1) is 27.5. The molecule has 0 N–H and O–H groups in total. The first-order valence-electron chi connectivity index (χ1n) is 18.5. The first-order valence-corrected chi connectivity index (χ1v) is 18.5. The molecule has 6 aromatic heterocycles. The maximum absolute atomic E-state index is 6.43. The smallest absolute Gasteiger partial charge is 0.136 e. The van der Waals surface area contributed by atoms with Gasteiger partial charge < -0.3 is 17.6 Å². The van der Waals surface area contributed by atoms with Gasteiger partial charge in [0.05, 0.1) is 33.1 Å². The fourth-order valence-corrected chi connectivity index (χ4v) is 10.5. The van der Waals surface area contributed by atoms with Crippen LogP contribution in [0.2, 0.25) is 0 Å². The Labute approximate surface area is 296 Å². The summed E-state index contributed by atoms with van der Waals surface area (Å²) >= 11 is 0. The van der Waals surface area contributed by atoms with E-state index in [1.807, 2.05) is 0 Å². The molecule has 0 aliphatic rings. The molecular formula is C48H32N2O2. The third kappa shape index (κ3) is 2.91. The van der Waals surface area contributed by atoms with Crippen LogP contribution in [-0.4, -0.2) is 8.80 Å². The Bertz CT molecular complexity index is 3450. The molecule has 0 aliphatic carbocycles. The molecule has 6 heterocycles. The second kappa shape index (κ2) is 8.96. The van der Waals surface area contributed by atoms with Gasteiger partial charge >= 0.3 is 0 Å². The highest BCUT2D eigenvalue weighted by Gasteiger charge is 2.32. The molecule has 0 spiro atoms. The van der Waals surface area contributed by atoms with Crippen molar-refractivity contribution < 1.29 is 8.83 Å². The van der Waals surface area contributed by atoms with Crippen molar-refractivity contribution in [3.05, 3.63) is 120 Å². The lowest BCUT2D eigenvalue weighted by atomic mass is 9.87. The lowest BCUT2D eigenvalue weighted by Gasteiger charge is -2.19. The molecule has 0 saturated carbocycles. The van der Waals surface area contributed by atoms with Gasteiger partial charge in [0.1, 0.15) is 22.3 Å². The minimum atomic E-state index is 0.277. The maximum atomic E-state index is 6.43. The van der Waals surface area contributed by atoms with Crippen molar-refractivity contribution in [3.8, 4) is 0 Å². The van der Waals surface area contributed by atoms with E-state index in [1.165, 1.54) is 109 Å². The van der Waals surface area contributed by atoms with Gasteiger partial charge in [-0.1, -0.05) is 100 Å². The molecule has 0 radical (unpaired) electrons. The Kier molecular flexibility index (Phi) is 4.73. The predicted octanol–water partition coefficient (Wildman–Crippen LogP) is 14.0. The minimum Gasteiger partial charge on any atom is -0.456 e. The Balaban J connectivity index is 1.33. The van der Waals surface area contributed by atoms with Crippen molar-refractivity contribution in [2.45, 2.75) is 39.5 Å². The molecule has 4 heteroatoms. The topological polar surface area (TPSA) is 35.1 Å². The van der Waals surface area contributed by atoms with Gasteiger partial charge in [-0.25, -0.2) is 0 Å². The van der Waals surface area contributed by atoms with E-state index >= 15 is 0 Å². The normalized spacial score (nSPS) is 13.3. The van der Waals surface area contributed by atoms with Crippen LogP contribution in [0.3, 0.4) is 0 Å². The van der Waals surface area contributed by atoms with Crippen LogP contribution in [0.25, 0.3) is 120 Å². The Morgan fingerprint density at radius 2 is 0.731 bits per heavy atom. The molecule has 0 unspecified atom stereocenters. The standard InChI is InChI=1S/C48H32N2O2/c1-23(2)37-43-29-15-9-13-27-40-32(20-22-36-42(40)26-12-6-8-18-34(26)52-36)50(45(27)29)48(43)38(24(3)4)44-30-16-10-14-28-39-31(49(46(28)30)47(37)44)19-21-35-41(39)25-11-5-7-17-33(25)51-35/h5-24H,1-4H3. The highest BCUT2D eigenvalue weighted by atomic mass is 16.3. The molecule has 0 bridgehead atoms. The van der Waals surface area contributed by atoms with Crippen molar-refractivity contribution in [2.75, 3.05) is 0 Å². The summed E-state index contributed by atoms with van der Waals surface area (Å²) in [5, 5.41) is 15.3. The lowest BCUT2D eigenvalue weighted by molar-refractivity contribution is 0.669. The Morgan fingerprint density at radius 1 is 0.346 bits per heavy atom. The fraction of sp³-hybridized carbons (Fsp3) is 0.125. The lowest BCUT2D eigenvalue weighted by Crippen LogP contribution is -2.00. The number of fused-ring (bicyclic) bond motifs is 20. The van der Waals surface area contributed by atoms with E-state index in [0.29, 0.717) is 0 Å². The number of nitrogens with zero attached hydrogens (tertiary/aromatic N) is 2. The van der Waals surface area contributed by atoms with Gasteiger partial charge in [-0.2, -0.15) is 0 Å². The first-order chi connectivity index (χ1) is 25.5. The van der Waals surface area contributed by atoms with Crippen LogP contribution in [0.5, 0.6) is 0 Å². The molecule has 13 rings (SSSR count). The molecule has 0 atom stereocenters. The van der Waals surface area contributed by atoms with Gasteiger partial charge in [-0.05, 0) is 59.4 Å².